The molecule has 23 heavy (non-hydrogen) atoms. The van der Waals surface area contributed by atoms with Gasteiger partial charge in [0.25, 0.3) is 5.91 Å². The SMILES string of the molecule is CN(C)c1cccc([C@@H]2CN(C(=O)c3cnn(C)c3)CCO2)n1. The van der Waals surface area contributed by atoms with Gasteiger partial charge < -0.3 is 14.5 Å². The first-order valence-corrected chi connectivity index (χ1v) is 7.58. The normalized spacial score (nSPS) is 18.0. The molecule has 3 heterocycles. The standard InChI is InChI=1S/C16H21N5O2/c1-19(2)15-6-4-5-13(18-15)14-11-21(7-8-23-14)16(22)12-9-17-20(3)10-12/h4-6,9-10,14H,7-8,11H2,1-3H3/t14-/m0/s1. The summed E-state index contributed by atoms with van der Waals surface area (Å²) >= 11 is 0. The molecule has 0 spiro atoms. The zero-order chi connectivity index (χ0) is 16.4. The Morgan fingerprint density at radius 2 is 2.22 bits per heavy atom. The highest BCUT2D eigenvalue weighted by molar-refractivity contribution is 5.93. The van der Waals surface area contributed by atoms with Crippen LogP contribution in [0.4, 0.5) is 5.82 Å². The van der Waals surface area contributed by atoms with Crippen LogP contribution in [0.3, 0.4) is 0 Å². The molecule has 2 aromatic rings. The molecule has 0 radical (unpaired) electrons. The van der Waals surface area contributed by atoms with E-state index in [0.29, 0.717) is 25.3 Å². The maximum atomic E-state index is 12.6. The van der Waals surface area contributed by atoms with Gasteiger partial charge in [-0.25, -0.2) is 4.98 Å². The molecule has 0 bridgehead atoms. The molecule has 1 atom stereocenters. The van der Waals surface area contributed by atoms with Crippen molar-refractivity contribution in [1.29, 1.82) is 0 Å². The molecule has 1 aliphatic rings. The molecule has 1 saturated heterocycles. The first kappa shape index (κ1) is 15.5. The van der Waals surface area contributed by atoms with Crippen LogP contribution in [0.15, 0.2) is 30.6 Å². The largest absolute Gasteiger partial charge is 0.368 e. The third kappa shape index (κ3) is 3.34. The lowest BCUT2D eigenvalue weighted by atomic mass is 10.1. The molecule has 7 heteroatoms. The zero-order valence-corrected chi connectivity index (χ0v) is 13.6. The predicted molar refractivity (Wildman–Crippen MR) is 86.4 cm³/mol. The number of rotatable bonds is 3. The molecule has 1 fully saturated rings. The topological polar surface area (TPSA) is 63.5 Å². The summed E-state index contributed by atoms with van der Waals surface area (Å²) in [5, 5.41) is 4.06. The van der Waals surface area contributed by atoms with Crippen molar-refractivity contribution in [3.63, 3.8) is 0 Å². The van der Waals surface area contributed by atoms with Crippen LogP contribution in [0.25, 0.3) is 0 Å². The number of amides is 1. The fourth-order valence-corrected chi connectivity index (χ4v) is 2.59. The quantitative estimate of drug-likeness (QED) is 0.848. The number of aryl methyl sites for hydroxylation is 1. The first-order chi connectivity index (χ1) is 11.0. The Morgan fingerprint density at radius 1 is 1.39 bits per heavy atom. The van der Waals surface area contributed by atoms with Crippen molar-refractivity contribution in [2.24, 2.45) is 7.05 Å². The molecular formula is C16H21N5O2. The van der Waals surface area contributed by atoms with Crippen LogP contribution < -0.4 is 4.90 Å². The van der Waals surface area contributed by atoms with Crippen molar-refractivity contribution in [2.45, 2.75) is 6.10 Å². The fourth-order valence-electron chi connectivity index (χ4n) is 2.59. The highest BCUT2D eigenvalue weighted by Crippen LogP contribution is 2.23. The van der Waals surface area contributed by atoms with Crippen LogP contribution in [-0.2, 0) is 11.8 Å². The average molecular weight is 315 g/mol. The van der Waals surface area contributed by atoms with E-state index in [4.69, 9.17) is 4.74 Å². The molecule has 1 aliphatic heterocycles. The van der Waals surface area contributed by atoms with Gasteiger partial charge in [-0.3, -0.25) is 9.48 Å². The lowest BCUT2D eigenvalue weighted by molar-refractivity contribution is -0.0246. The summed E-state index contributed by atoms with van der Waals surface area (Å²) in [6.07, 6.45) is 3.12. The van der Waals surface area contributed by atoms with Crippen LogP contribution in [0.5, 0.6) is 0 Å². The minimum atomic E-state index is -0.204. The molecule has 0 unspecified atom stereocenters. The molecule has 0 saturated carbocycles. The minimum Gasteiger partial charge on any atom is -0.368 e. The maximum absolute atomic E-state index is 12.6. The van der Waals surface area contributed by atoms with Crippen molar-refractivity contribution in [1.82, 2.24) is 19.7 Å². The van der Waals surface area contributed by atoms with Crippen LogP contribution in [0.1, 0.15) is 22.2 Å². The summed E-state index contributed by atoms with van der Waals surface area (Å²) in [5.74, 6) is 0.858. The summed E-state index contributed by atoms with van der Waals surface area (Å²) in [7, 11) is 5.70. The Hall–Kier alpha value is -2.41. The average Bonchev–Trinajstić information content (AvgIpc) is 3.01. The molecule has 0 aromatic carbocycles. The number of carbonyl (C=O) groups is 1. The van der Waals surface area contributed by atoms with E-state index in [1.54, 1.807) is 29.0 Å². The zero-order valence-electron chi connectivity index (χ0n) is 13.6. The van der Waals surface area contributed by atoms with Gasteiger partial charge in [0.15, 0.2) is 0 Å². The van der Waals surface area contributed by atoms with E-state index in [0.717, 1.165) is 11.5 Å². The number of ether oxygens (including phenoxy) is 1. The Morgan fingerprint density at radius 3 is 2.91 bits per heavy atom. The van der Waals surface area contributed by atoms with E-state index in [-0.39, 0.29) is 12.0 Å². The molecular weight excluding hydrogens is 294 g/mol. The number of morpholine rings is 1. The summed E-state index contributed by atoms with van der Waals surface area (Å²) in [4.78, 5) is 20.9. The van der Waals surface area contributed by atoms with Gasteiger partial charge in [0.05, 0.1) is 30.6 Å². The Bertz CT molecular complexity index is 697. The molecule has 122 valence electrons. The van der Waals surface area contributed by atoms with E-state index in [9.17, 15) is 4.79 Å². The third-order valence-corrected chi connectivity index (χ3v) is 3.85. The minimum absolute atomic E-state index is 0.0184. The predicted octanol–water partition coefficient (Wildman–Crippen LogP) is 1.09. The summed E-state index contributed by atoms with van der Waals surface area (Å²) in [5.41, 5.74) is 1.45. The van der Waals surface area contributed by atoms with Gasteiger partial charge >= 0.3 is 0 Å². The highest BCUT2D eigenvalue weighted by Gasteiger charge is 2.27. The summed E-state index contributed by atoms with van der Waals surface area (Å²) < 4.78 is 7.46. The summed E-state index contributed by atoms with van der Waals surface area (Å²) in [6.45, 7) is 1.58. The van der Waals surface area contributed by atoms with E-state index < -0.39 is 0 Å². The van der Waals surface area contributed by atoms with E-state index >= 15 is 0 Å². The van der Waals surface area contributed by atoms with Crippen LogP contribution >= 0.6 is 0 Å². The summed E-state index contributed by atoms with van der Waals surface area (Å²) in [6, 6.07) is 5.85. The second-order valence-electron chi connectivity index (χ2n) is 5.83. The molecule has 7 nitrogen and oxygen atoms in total. The number of anilines is 1. The maximum Gasteiger partial charge on any atom is 0.257 e. The second-order valence-corrected chi connectivity index (χ2v) is 5.83. The Balaban J connectivity index is 1.75. The molecule has 3 rings (SSSR count). The van der Waals surface area contributed by atoms with Crippen molar-refractivity contribution in [3.05, 3.63) is 41.9 Å². The van der Waals surface area contributed by atoms with Crippen molar-refractivity contribution < 1.29 is 9.53 Å². The van der Waals surface area contributed by atoms with Gasteiger partial charge in [-0.1, -0.05) is 6.07 Å². The van der Waals surface area contributed by atoms with Crippen molar-refractivity contribution in [2.75, 3.05) is 38.7 Å². The number of nitrogens with zero attached hydrogens (tertiary/aromatic N) is 5. The number of pyridine rings is 1. The molecule has 0 aliphatic carbocycles. The molecule has 2 aromatic heterocycles. The van der Waals surface area contributed by atoms with Gasteiger partial charge in [-0.2, -0.15) is 5.10 Å². The van der Waals surface area contributed by atoms with Gasteiger partial charge in [0.1, 0.15) is 11.9 Å². The second kappa shape index (κ2) is 6.37. The van der Waals surface area contributed by atoms with Crippen LogP contribution in [0.2, 0.25) is 0 Å². The van der Waals surface area contributed by atoms with E-state index in [2.05, 4.69) is 10.1 Å². The lowest BCUT2D eigenvalue weighted by Crippen LogP contribution is -2.42. The van der Waals surface area contributed by atoms with Gasteiger partial charge in [-0.05, 0) is 12.1 Å². The van der Waals surface area contributed by atoms with Crippen molar-refractivity contribution >= 4 is 11.7 Å². The molecule has 0 N–H and O–H groups in total. The number of hydrogen-bond donors (Lipinski definition) is 0. The fraction of sp³-hybridized carbons (Fsp3) is 0.438. The smallest absolute Gasteiger partial charge is 0.257 e. The number of carbonyl (C=O) groups excluding carboxylic acids is 1. The van der Waals surface area contributed by atoms with E-state index in [1.807, 2.05) is 37.2 Å². The highest BCUT2D eigenvalue weighted by atomic mass is 16.5. The van der Waals surface area contributed by atoms with Crippen LogP contribution in [0, 0.1) is 0 Å². The van der Waals surface area contributed by atoms with Crippen molar-refractivity contribution in [3.8, 4) is 0 Å². The first-order valence-electron chi connectivity index (χ1n) is 7.58. The Kier molecular flexibility index (Phi) is 4.29. The number of aromatic nitrogens is 3. The van der Waals surface area contributed by atoms with E-state index in [1.165, 1.54) is 0 Å². The Labute approximate surface area is 135 Å². The van der Waals surface area contributed by atoms with Gasteiger partial charge in [0, 0.05) is 33.9 Å². The molecule has 1 amide bonds. The van der Waals surface area contributed by atoms with Gasteiger partial charge in [-0.15, -0.1) is 0 Å². The monoisotopic (exact) mass is 315 g/mol. The van der Waals surface area contributed by atoms with Gasteiger partial charge in [0.2, 0.25) is 0 Å². The number of hydrogen-bond acceptors (Lipinski definition) is 5. The van der Waals surface area contributed by atoms with Crippen LogP contribution in [-0.4, -0.2) is 59.4 Å². The third-order valence-electron chi connectivity index (χ3n) is 3.85. The lowest BCUT2D eigenvalue weighted by Gasteiger charge is -2.32.